The number of nitrogens with one attached hydrogen (secondary N) is 2. The van der Waals surface area contributed by atoms with Crippen LogP contribution in [-0.2, 0) is 11.3 Å². The van der Waals surface area contributed by atoms with Gasteiger partial charge in [0.2, 0.25) is 5.91 Å². The lowest BCUT2D eigenvalue weighted by Crippen LogP contribution is -2.24. The summed E-state index contributed by atoms with van der Waals surface area (Å²) in [5.41, 5.74) is 1.50. The number of amides is 2. The SMILES string of the molecule is CCNC(=O)c1cccc(CNC(=O)CCCOc2cccc3ccccc23)c1. The molecule has 2 N–H and O–H groups in total. The Bertz CT molecular complexity index is 979. The fourth-order valence-electron chi connectivity index (χ4n) is 3.11. The monoisotopic (exact) mass is 390 g/mol. The summed E-state index contributed by atoms with van der Waals surface area (Å²) < 4.78 is 5.87. The number of fused-ring (bicyclic) bond motifs is 1. The van der Waals surface area contributed by atoms with Crippen LogP contribution in [0.1, 0.15) is 35.7 Å². The lowest BCUT2D eigenvalue weighted by atomic mass is 10.1. The summed E-state index contributed by atoms with van der Waals surface area (Å²) in [6.07, 6.45) is 1.02. The summed E-state index contributed by atoms with van der Waals surface area (Å²) >= 11 is 0. The zero-order valence-electron chi connectivity index (χ0n) is 16.6. The predicted molar refractivity (Wildman–Crippen MR) is 115 cm³/mol. The molecule has 0 heterocycles. The average Bonchev–Trinajstić information content (AvgIpc) is 2.76. The molecule has 0 aliphatic rings. The van der Waals surface area contributed by atoms with Crippen molar-refractivity contribution in [3.63, 3.8) is 0 Å². The van der Waals surface area contributed by atoms with E-state index in [4.69, 9.17) is 4.74 Å². The maximum absolute atomic E-state index is 12.1. The van der Waals surface area contributed by atoms with Crippen LogP contribution in [-0.4, -0.2) is 25.0 Å². The topological polar surface area (TPSA) is 67.4 Å². The van der Waals surface area contributed by atoms with Crippen molar-refractivity contribution in [1.29, 1.82) is 0 Å². The minimum Gasteiger partial charge on any atom is -0.493 e. The second kappa shape index (κ2) is 10.3. The Balaban J connectivity index is 1.42. The summed E-state index contributed by atoms with van der Waals surface area (Å²) in [5.74, 6) is 0.701. The molecule has 3 rings (SSSR count). The number of ether oxygens (including phenoxy) is 1. The molecule has 0 aliphatic carbocycles. The first-order chi connectivity index (χ1) is 14.2. The fourth-order valence-corrected chi connectivity index (χ4v) is 3.11. The Hall–Kier alpha value is -3.34. The van der Waals surface area contributed by atoms with Gasteiger partial charge in [-0.05, 0) is 42.5 Å². The van der Waals surface area contributed by atoms with Crippen molar-refractivity contribution >= 4 is 22.6 Å². The molecule has 0 aromatic heterocycles. The third kappa shape index (κ3) is 5.82. The van der Waals surface area contributed by atoms with E-state index in [9.17, 15) is 9.59 Å². The molecule has 0 saturated heterocycles. The molecule has 2 amide bonds. The van der Waals surface area contributed by atoms with Crippen molar-refractivity contribution < 1.29 is 14.3 Å². The van der Waals surface area contributed by atoms with E-state index in [0.29, 0.717) is 38.1 Å². The van der Waals surface area contributed by atoms with Crippen molar-refractivity contribution in [3.05, 3.63) is 77.9 Å². The number of benzene rings is 3. The maximum atomic E-state index is 12.1. The lowest BCUT2D eigenvalue weighted by Gasteiger charge is -2.10. The summed E-state index contributed by atoms with van der Waals surface area (Å²) in [5, 5.41) is 7.88. The molecular formula is C24H26N2O3. The number of hydrogen-bond donors (Lipinski definition) is 2. The predicted octanol–water partition coefficient (Wildman–Crippen LogP) is 4.06. The average molecular weight is 390 g/mol. The Morgan fingerprint density at radius 2 is 1.72 bits per heavy atom. The quantitative estimate of drug-likeness (QED) is 0.541. The first-order valence-corrected chi connectivity index (χ1v) is 9.92. The zero-order chi connectivity index (χ0) is 20.5. The van der Waals surface area contributed by atoms with Gasteiger partial charge in [-0.15, -0.1) is 0 Å². The second-order valence-electron chi connectivity index (χ2n) is 6.77. The Morgan fingerprint density at radius 3 is 2.59 bits per heavy atom. The molecule has 0 unspecified atom stereocenters. The number of rotatable bonds is 9. The third-order valence-electron chi connectivity index (χ3n) is 4.57. The van der Waals surface area contributed by atoms with E-state index >= 15 is 0 Å². The largest absolute Gasteiger partial charge is 0.493 e. The molecule has 150 valence electrons. The highest BCUT2D eigenvalue weighted by atomic mass is 16.5. The summed E-state index contributed by atoms with van der Waals surface area (Å²) in [6, 6.07) is 21.3. The van der Waals surface area contributed by atoms with Crippen LogP contribution >= 0.6 is 0 Å². The zero-order valence-corrected chi connectivity index (χ0v) is 16.6. The molecule has 0 spiro atoms. The normalized spacial score (nSPS) is 10.5. The molecule has 3 aromatic rings. The molecule has 5 heteroatoms. The highest BCUT2D eigenvalue weighted by Gasteiger charge is 2.07. The molecule has 29 heavy (non-hydrogen) atoms. The van der Waals surface area contributed by atoms with E-state index in [1.54, 1.807) is 12.1 Å². The minimum atomic E-state index is -0.105. The van der Waals surface area contributed by atoms with Gasteiger partial charge in [0.05, 0.1) is 6.61 Å². The molecular weight excluding hydrogens is 364 g/mol. The van der Waals surface area contributed by atoms with Gasteiger partial charge in [-0.2, -0.15) is 0 Å². The summed E-state index contributed by atoms with van der Waals surface area (Å²) in [6.45, 7) is 3.34. The van der Waals surface area contributed by atoms with E-state index in [-0.39, 0.29) is 11.8 Å². The molecule has 3 aromatic carbocycles. The summed E-state index contributed by atoms with van der Waals surface area (Å²) in [7, 11) is 0. The summed E-state index contributed by atoms with van der Waals surface area (Å²) in [4.78, 5) is 24.0. The Kier molecular flexibility index (Phi) is 7.22. The molecule has 0 atom stereocenters. The minimum absolute atomic E-state index is 0.0325. The van der Waals surface area contributed by atoms with Crippen LogP contribution < -0.4 is 15.4 Å². The van der Waals surface area contributed by atoms with Crippen LogP contribution in [0.2, 0.25) is 0 Å². The molecule has 0 radical (unpaired) electrons. The van der Waals surface area contributed by atoms with Gasteiger partial charge in [0.25, 0.3) is 5.91 Å². The van der Waals surface area contributed by atoms with Gasteiger partial charge in [0.1, 0.15) is 5.75 Å². The van der Waals surface area contributed by atoms with Crippen molar-refractivity contribution in [2.24, 2.45) is 0 Å². The van der Waals surface area contributed by atoms with Gasteiger partial charge in [0.15, 0.2) is 0 Å². The number of hydrogen-bond acceptors (Lipinski definition) is 3. The van der Waals surface area contributed by atoms with Gasteiger partial charge in [-0.25, -0.2) is 0 Å². The first-order valence-electron chi connectivity index (χ1n) is 9.92. The van der Waals surface area contributed by atoms with Gasteiger partial charge in [-0.1, -0.05) is 48.5 Å². The smallest absolute Gasteiger partial charge is 0.251 e. The molecule has 0 bridgehead atoms. The Labute approximate surface area is 171 Å². The van der Waals surface area contributed by atoms with Crippen LogP contribution in [0.15, 0.2) is 66.7 Å². The maximum Gasteiger partial charge on any atom is 0.251 e. The van der Waals surface area contributed by atoms with E-state index in [1.165, 1.54) is 0 Å². The van der Waals surface area contributed by atoms with Crippen molar-refractivity contribution in [3.8, 4) is 5.75 Å². The van der Waals surface area contributed by atoms with E-state index < -0.39 is 0 Å². The molecule has 0 saturated carbocycles. The molecule has 5 nitrogen and oxygen atoms in total. The van der Waals surface area contributed by atoms with Gasteiger partial charge < -0.3 is 15.4 Å². The van der Waals surface area contributed by atoms with Gasteiger partial charge in [0, 0.05) is 30.5 Å². The van der Waals surface area contributed by atoms with Crippen LogP contribution in [0.4, 0.5) is 0 Å². The number of carbonyl (C=O) groups is 2. The van der Waals surface area contributed by atoms with Crippen molar-refractivity contribution in [2.45, 2.75) is 26.3 Å². The van der Waals surface area contributed by atoms with Crippen LogP contribution in [0.5, 0.6) is 5.75 Å². The molecule has 0 fully saturated rings. The van der Waals surface area contributed by atoms with Crippen LogP contribution in [0.3, 0.4) is 0 Å². The van der Waals surface area contributed by atoms with Crippen molar-refractivity contribution in [2.75, 3.05) is 13.2 Å². The lowest BCUT2D eigenvalue weighted by molar-refractivity contribution is -0.121. The second-order valence-corrected chi connectivity index (χ2v) is 6.77. The van der Waals surface area contributed by atoms with Crippen molar-refractivity contribution in [1.82, 2.24) is 10.6 Å². The number of carbonyl (C=O) groups excluding carboxylic acids is 2. The van der Waals surface area contributed by atoms with E-state index in [2.05, 4.69) is 22.8 Å². The highest BCUT2D eigenvalue weighted by Crippen LogP contribution is 2.25. The standard InChI is InChI=1S/C24H26N2O3/c1-2-25-24(28)20-11-5-8-18(16-20)17-26-23(27)14-7-15-29-22-13-6-10-19-9-3-4-12-21(19)22/h3-6,8-13,16H,2,7,14-15,17H2,1H3,(H,25,28)(H,26,27). The highest BCUT2D eigenvalue weighted by molar-refractivity contribution is 5.94. The Morgan fingerprint density at radius 1 is 0.931 bits per heavy atom. The van der Waals surface area contributed by atoms with E-state index in [0.717, 1.165) is 22.1 Å². The molecule has 0 aliphatic heterocycles. The van der Waals surface area contributed by atoms with Gasteiger partial charge >= 0.3 is 0 Å². The third-order valence-corrected chi connectivity index (χ3v) is 4.57. The van der Waals surface area contributed by atoms with Crippen LogP contribution in [0, 0.1) is 0 Å². The fraction of sp³-hybridized carbons (Fsp3) is 0.250. The first kappa shape index (κ1) is 20.4. The van der Waals surface area contributed by atoms with E-state index in [1.807, 2.05) is 49.4 Å². The van der Waals surface area contributed by atoms with Gasteiger partial charge in [-0.3, -0.25) is 9.59 Å². The van der Waals surface area contributed by atoms with Crippen LogP contribution in [0.25, 0.3) is 10.8 Å².